The van der Waals surface area contributed by atoms with E-state index in [2.05, 4.69) is 30.4 Å². The molecule has 1 aromatic carbocycles. The number of hydrogen-bond donors (Lipinski definition) is 2. The van der Waals surface area contributed by atoms with Gasteiger partial charge in [-0.2, -0.15) is 0 Å². The van der Waals surface area contributed by atoms with E-state index in [9.17, 15) is 4.79 Å². The number of fused-ring (bicyclic) bond motifs is 1. The van der Waals surface area contributed by atoms with E-state index >= 15 is 0 Å². The van der Waals surface area contributed by atoms with Gasteiger partial charge in [0, 0.05) is 12.6 Å². The number of rotatable bonds is 4. The molecule has 0 saturated carbocycles. The van der Waals surface area contributed by atoms with Crippen molar-refractivity contribution in [1.29, 1.82) is 0 Å². The normalized spacial score (nSPS) is 18.7. The van der Waals surface area contributed by atoms with Crippen molar-refractivity contribution < 1.29 is 4.79 Å². The zero-order chi connectivity index (χ0) is 13.3. The van der Waals surface area contributed by atoms with Crippen molar-refractivity contribution >= 4 is 5.91 Å². The molecule has 1 aromatic rings. The van der Waals surface area contributed by atoms with Crippen LogP contribution in [0.5, 0.6) is 0 Å². The first kappa shape index (κ1) is 13.1. The second-order valence-electron chi connectivity index (χ2n) is 5.92. The Hall–Kier alpha value is -1.35. The number of amides is 1. The molecule has 0 heterocycles. The quantitative estimate of drug-likeness (QED) is 0.854. The summed E-state index contributed by atoms with van der Waals surface area (Å²) >= 11 is 0. The maximum Gasteiger partial charge on any atom is 0.224 e. The summed E-state index contributed by atoms with van der Waals surface area (Å²) in [5.41, 5.74) is 9.00. The van der Waals surface area contributed by atoms with Gasteiger partial charge in [0.2, 0.25) is 5.91 Å². The van der Waals surface area contributed by atoms with E-state index < -0.39 is 5.41 Å². The first-order valence-corrected chi connectivity index (χ1v) is 6.53. The lowest BCUT2D eigenvalue weighted by atomic mass is 9.92. The summed E-state index contributed by atoms with van der Waals surface area (Å²) in [6.45, 7) is 6.51. The molecule has 0 spiro atoms. The SMILES string of the molecule is Cc1ccc2c(c1)[C@H](NCC(C)(C)C(N)=O)CC2. The summed E-state index contributed by atoms with van der Waals surface area (Å²) in [4.78, 5) is 11.3. The largest absolute Gasteiger partial charge is 0.369 e. The molecule has 3 nitrogen and oxygen atoms in total. The molecule has 3 heteroatoms. The van der Waals surface area contributed by atoms with Crippen LogP contribution < -0.4 is 11.1 Å². The molecule has 0 fully saturated rings. The molecule has 1 amide bonds. The van der Waals surface area contributed by atoms with Crippen molar-refractivity contribution in [2.75, 3.05) is 6.54 Å². The average molecular weight is 246 g/mol. The van der Waals surface area contributed by atoms with Crippen LogP contribution in [-0.2, 0) is 11.2 Å². The minimum absolute atomic E-state index is 0.252. The summed E-state index contributed by atoms with van der Waals surface area (Å²) < 4.78 is 0. The van der Waals surface area contributed by atoms with Gasteiger partial charge in [0.25, 0.3) is 0 Å². The number of nitrogens with one attached hydrogen (secondary N) is 1. The molecule has 1 aliphatic rings. The molecule has 0 aliphatic heterocycles. The van der Waals surface area contributed by atoms with Gasteiger partial charge in [-0.1, -0.05) is 23.8 Å². The minimum atomic E-state index is -0.493. The van der Waals surface area contributed by atoms with Crippen molar-refractivity contribution in [3.05, 3.63) is 34.9 Å². The Bertz CT molecular complexity index is 466. The van der Waals surface area contributed by atoms with Crippen molar-refractivity contribution in [2.45, 2.75) is 39.7 Å². The lowest BCUT2D eigenvalue weighted by molar-refractivity contribution is -0.125. The highest BCUT2D eigenvalue weighted by molar-refractivity contribution is 5.80. The number of nitrogens with two attached hydrogens (primary N) is 1. The predicted molar refractivity (Wildman–Crippen MR) is 73.2 cm³/mol. The van der Waals surface area contributed by atoms with Crippen LogP contribution in [0.15, 0.2) is 18.2 Å². The number of benzene rings is 1. The van der Waals surface area contributed by atoms with Gasteiger partial charge < -0.3 is 11.1 Å². The molecule has 1 atom stereocenters. The highest BCUT2D eigenvalue weighted by Crippen LogP contribution is 2.32. The monoisotopic (exact) mass is 246 g/mol. The lowest BCUT2D eigenvalue weighted by Gasteiger charge is -2.24. The Morgan fingerprint density at radius 3 is 2.89 bits per heavy atom. The fraction of sp³-hybridized carbons (Fsp3) is 0.533. The number of hydrogen-bond acceptors (Lipinski definition) is 2. The Morgan fingerprint density at radius 2 is 2.22 bits per heavy atom. The fourth-order valence-electron chi connectivity index (χ4n) is 2.40. The number of carbonyl (C=O) groups is 1. The Kier molecular flexibility index (Phi) is 3.44. The van der Waals surface area contributed by atoms with E-state index in [1.807, 2.05) is 13.8 Å². The zero-order valence-corrected chi connectivity index (χ0v) is 11.4. The Morgan fingerprint density at radius 1 is 1.50 bits per heavy atom. The van der Waals surface area contributed by atoms with E-state index in [-0.39, 0.29) is 5.91 Å². The third kappa shape index (κ3) is 2.56. The Labute approximate surface area is 109 Å². The van der Waals surface area contributed by atoms with Crippen LogP contribution in [0, 0.1) is 12.3 Å². The molecular weight excluding hydrogens is 224 g/mol. The van der Waals surface area contributed by atoms with Crippen molar-refractivity contribution in [3.8, 4) is 0 Å². The fourth-order valence-corrected chi connectivity index (χ4v) is 2.40. The zero-order valence-electron chi connectivity index (χ0n) is 11.4. The number of primary amides is 1. The average Bonchev–Trinajstić information content (AvgIpc) is 2.68. The first-order valence-electron chi connectivity index (χ1n) is 6.53. The third-order valence-electron chi connectivity index (χ3n) is 3.84. The molecule has 18 heavy (non-hydrogen) atoms. The van der Waals surface area contributed by atoms with E-state index in [1.54, 1.807) is 0 Å². The van der Waals surface area contributed by atoms with E-state index in [4.69, 9.17) is 5.73 Å². The highest BCUT2D eigenvalue weighted by Gasteiger charge is 2.28. The molecule has 0 aromatic heterocycles. The third-order valence-corrected chi connectivity index (χ3v) is 3.84. The maximum atomic E-state index is 11.3. The summed E-state index contributed by atoms with van der Waals surface area (Å²) in [5, 5.41) is 3.49. The molecule has 0 unspecified atom stereocenters. The molecule has 1 aliphatic carbocycles. The van der Waals surface area contributed by atoms with Crippen molar-refractivity contribution in [1.82, 2.24) is 5.32 Å². The molecule has 2 rings (SSSR count). The minimum Gasteiger partial charge on any atom is -0.369 e. The molecule has 98 valence electrons. The molecule has 0 saturated heterocycles. The van der Waals surface area contributed by atoms with Crippen LogP contribution in [0.25, 0.3) is 0 Å². The van der Waals surface area contributed by atoms with Gasteiger partial charge in [-0.05, 0) is 44.7 Å². The summed E-state index contributed by atoms with van der Waals surface area (Å²) in [5.74, 6) is -0.252. The number of aryl methyl sites for hydroxylation is 2. The van der Waals surface area contributed by atoms with Crippen molar-refractivity contribution in [2.24, 2.45) is 11.1 Å². The number of carbonyl (C=O) groups excluding carboxylic acids is 1. The molecule has 0 bridgehead atoms. The lowest BCUT2D eigenvalue weighted by Crippen LogP contribution is -2.41. The topological polar surface area (TPSA) is 55.1 Å². The van der Waals surface area contributed by atoms with Gasteiger partial charge in [-0.25, -0.2) is 0 Å². The van der Waals surface area contributed by atoms with Gasteiger partial charge in [0.15, 0.2) is 0 Å². The molecule has 3 N–H and O–H groups in total. The second kappa shape index (κ2) is 4.73. The predicted octanol–water partition coefficient (Wildman–Crippen LogP) is 2.08. The summed E-state index contributed by atoms with van der Waals surface area (Å²) in [6, 6.07) is 6.98. The van der Waals surface area contributed by atoms with Crippen LogP contribution in [0.1, 0.15) is 43.0 Å². The molecule has 0 radical (unpaired) electrons. The van der Waals surface area contributed by atoms with Gasteiger partial charge >= 0.3 is 0 Å². The van der Waals surface area contributed by atoms with Crippen LogP contribution in [0.4, 0.5) is 0 Å². The molecular formula is C15H22N2O. The first-order chi connectivity index (χ1) is 8.40. The van der Waals surface area contributed by atoms with Crippen LogP contribution in [0.3, 0.4) is 0 Å². The van der Waals surface area contributed by atoms with E-state index in [0.29, 0.717) is 12.6 Å². The van der Waals surface area contributed by atoms with E-state index in [1.165, 1.54) is 16.7 Å². The highest BCUT2D eigenvalue weighted by atomic mass is 16.1. The van der Waals surface area contributed by atoms with Crippen LogP contribution in [0.2, 0.25) is 0 Å². The summed E-state index contributed by atoms with van der Waals surface area (Å²) in [6.07, 6.45) is 2.22. The van der Waals surface area contributed by atoms with Crippen LogP contribution in [-0.4, -0.2) is 12.5 Å². The van der Waals surface area contributed by atoms with E-state index in [0.717, 1.165) is 12.8 Å². The van der Waals surface area contributed by atoms with Crippen LogP contribution >= 0.6 is 0 Å². The summed E-state index contributed by atoms with van der Waals surface area (Å²) in [7, 11) is 0. The van der Waals surface area contributed by atoms with Gasteiger partial charge in [0.1, 0.15) is 0 Å². The van der Waals surface area contributed by atoms with Gasteiger partial charge in [0.05, 0.1) is 5.41 Å². The maximum absolute atomic E-state index is 11.3. The van der Waals surface area contributed by atoms with Gasteiger partial charge in [-0.3, -0.25) is 4.79 Å². The standard InChI is InChI=1S/C15H22N2O/c1-10-4-5-11-6-7-13(12(11)8-10)17-9-15(2,3)14(16)18/h4-5,8,13,17H,6-7,9H2,1-3H3,(H2,16,18)/t13-/m1/s1. The second-order valence-corrected chi connectivity index (χ2v) is 5.92. The smallest absolute Gasteiger partial charge is 0.224 e. The van der Waals surface area contributed by atoms with Gasteiger partial charge in [-0.15, -0.1) is 0 Å². The van der Waals surface area contributed by atoms with Crippen molar-refractivity contribution in [3.63, 3.8) is 0 Å². The Balaban J connectivity index is 2.06.